The van der Waals surface area contributed by atoms with Crippen LogP contribution in [-0.2, 0) is 20.9 Å². The molecule has 0 saturated carbocycles. The minimum atomic E-state index is -1.27. The predicted molar refractivity (Wildman–Crippen MR) is 174 cm³/mol. The van der Waals surface area contributed by atoms with Gasteiger partial charge in [0.25, 0.3) is 5.91 Å². The molecule has 13 heteroatoms. The number of pyridine rings is 1. The van der Waals surface area contributed by atoms with E-state index < -0.39 is 31.5 Å². The van der Waals surface area contributed by atoms with E-state index in [1.54, 1.807) is 26.8 Å². The number of anilines is 2. The lowest BCUT2D eigenvalue weighted by atomic mass is 10.2. The third-order valence-corrected chi connectivity index (χ3v) is 8.95. The van der Waals surface area contributed by atoms with Gasteiger partial charge in [-0.2, -0.15) is 5.10 Å². The molecule has 1 aromatic carbocycles. The Bertz CT molecular complexity index is 1680. The van der Waals surface area contributed by atoms with Crippen LogP contribution in [0.4, 0.5) is 20.6 Å². The number of nitrogens with zero attached hydrogens (tertiary/aromatic N) is 4. The third kappa shape index (κ3) is 8.35. The van der Waals surface area contributed by atoms with Gasteiger partial charge in [0.2, 0.25) is 0 Å². The molecule has 2 amide bonds. The van der Waals surface area contributed by atoms with E-state index in [1.807, 2.05) is 27.7 Å². The molecule has 0 radical (unpaired) electrons. The molecule has 240 valence electrons. The molecule has 0 bridgehead atoms. The number of aromatic nitrogens is 4. The fourth-order valence-electron chi connectivity index (χ4n) is 4.89. The average molecular weight is 637 g/mol. The van der Waals surface area contributed by atoms with Gasteiger partial charge in [0.05, 0.1) is 35.8 Å². The van der Waals surface area contributed by atoms with Crippen molar-refractivity contribution in [3.63, 3.8) is 0 Å². The number of ether oxygens (including phenoxy) is 3. The number of fused-ring (bicyclic) bond motifs is 1. The summed E-state index contributed by atoms with van der Waals surface area (Å²) in [6.45, 7) is 14.4. The normalized spacial score (nSPS) is 15.4. The van der Waals surface area contributed by atoms with Crippen molar-refractivity contribution < 1.29 is 28.2 Å². The maximum Gasteiger partial charge on any atom is 0.412 e. The average Bonchev–Trinajstić information content (AvgIpc) is 3.71. The van der Waals surface area contributed by atoms with Gasteiger partial charge in [-0.1, -0.05) is 19.6 Å². The topological polar surface area (TPSA) is 122 Å². The highest BCUT2D eigenvalue weighted by molar-refractivity contribution is 6.76. The minimum absolute atomic E-state index is 0.0916. The van der Waals surface area contributed by atoms with Crippen LogP contribution in [0.1, 0.15) is 43.6 Å². The van der Waals surface area contributed by atoms with Gasteiger partial charge in [-0.05, 0) is 63.6 Å². The number of hydrogen-bond acceptors (Lipinski definition) is 7. The van der Waals surface area contributed by atoms with E-state index in [2.05, 4.69) is 40.4 Å². The molecular weight excluding hydrogens is 595 g/mol. The molecule has 1 aliphatic rings. The zero-order valence-electron chi connectivity index (χ0n) is 26.6. The maximum absolute atomic E-state index is 14.7. The van der Waals surface area contributed by atoms with Crippen molar-refractivity contribution >= 4 is 42.5 Å². The summed E-state index contributed by atoms with van der Waals surface area (Å²) in [6.07, 6.45) is 5.50. The van der Waals surface area contributed by atoms with Crippen LogP contribution < -0.4 is 10.6 Å². The van der Waals surface area contributed by atoms with Crippen LogP contribution in [-0.4, -0.2) is 64.8 Å². The predicted octanol–water partition coefficient (Wildman–Crippen LogP) is 6.91. The molecule has 11 nitrogen and oxygen atoms in total. The van der Waals surface area contributed by atoms with Gasteiger partial charge in [0.15, 0.2) is 0 Å². The van der Waals surface area contributed by atoms with Crippen molar-refractivity contribution in [3.8, 4) is 11.3 Å². The second-order valence-electron chi connectivity index (χ2n) is 13.4. The van der Waals surface area contributed by atoms with Gasteiger partial charge in [-0.15, -0.1) is 0 Å². The first-order valence-corrected chi connectivity index (χ1v) is 18.8. The summed E-state index contributed by atoms with van der Waals surface area (Å²) in [5.74, 6) is -1.20. The van der Waals surface area contributed by atoms with Gasteiger partial charge in [-0.25, -0.2) is 14.2 Å². The monoisotopic (exact) mass is 636 g/mol. The molecule has 1 aliphatic heterocycles. The largest absolute Gasteiger partial charge is 0.444 e. The van der Waals surface area contributed by atoms with E-state index in [0.717, 1.165) is 35.2 Å². The van der Waals surface area contributed by atoms with E-state index in [4.69, 9.17) is 14.2 Å². The van der Waals surface area contributed by atoms with Crippen LogP contribution in [0.2, 0.25) is 25.7 Å². The molecule has 0 spiro atoms. The van der Waals surface area contributed by atoms with Gasteiger partial charge in [0.1, 0.15) is 23.8 Å². The molecule has 45 heavy (non-hydrogen) atoms. The van der Waals surface area contributed by atoms with Gasteiger partial charge in [-0.3, -0.25) is 14.8 Å². The number of halogens is 1. The number of benzene rings is 1. The van der Waals surface area contributed by atoms with E-state index >= 15 is 0 Å². The van der Waals surface area contributed by atoms with E-state index in [1.165, 1.54) is 18.3 Å². The lowest BCUT2D eigenvalue weighted by Gasteiger charge is -2.19. The summed E-state index contributed by atoms with van der Waals surface area (Å²) in [6, 6.07) is 8.79. The SMILES string of the molecule is CC(C)(C)OC(=O)Nc1ccc(F)c(NC(=O)c2cnc3c(c2)cc(-c2cnn(C4CCOC4)c2)n3COCC[Si](C)(C)C)c1. The molecule has 0 aliphatic carbocycles. The van der Waals surface area contributed by atoms with Crippen LogP contribution in [0, 0.1) is 5.82 Å². The smallest absolute Gasteiger partial charge is 0.412 e. The number of amides is 2. The summed E-state index contributed by atoms with van der Waals surface area (Å²) in [5, 5.41) is 10.5. The quantitative estimate of drug-likeness (QED) is 0.143. The fraction of sp³-hybridized carbons (Fsp3) is 0.438. The molecule has 1 saturated heterocycles. The first kappa shape index (κ1) is 32.3. The Morgan fingerprint density at radius 1 is 1.13 bits per heavy atom. The van der Waals surface area contributed by atoms with Crippen LogP contribution >= 0.6 is 0 Å². The van der Waals surface area contributed by atoms with Crippen molar-refractivity contribution in [2.45, 2.75) is 71.3 Å². The second-order valence-corrected chi connectivity index (χ2v) is 19.1. The molecule has 5 rings (SSSR count). The Labute approximate surface area is 263 Å². The zero-order valence-corrected chi connectivity index (χ0v) is 27.6. The molecule has 1 fully saturated rings. The highest BCUT2D eigenvalue weighted by atomic mass is 28.3. The zero-order chi connectivity index (χ0) is 32.4. The molecule has 1 atom stereocenters. The summed E-state index contributed by atoms with van der Waals surface area (Å²) in [7, 11) is -1.27. The third-order valence-electron chi connectivity index (χ3n) is 7.25. The van der Waals surface area contributed by atoms with Crippen molar-refractivity contribution in [1.82, 2.24) is 19.3 Å². The Kier molecular flexibility index (Phi) is 9.42. The van der Waals surface area contributed by atoms with Gasteiger partial charge < -0.3 is 24.1 Å². The summed E-state index contributed by atoms with van der Waals surface area (Å²) < 4.78 is 35.5. The molecule has 1 unspecified atom stereocenters. The maximum atomic E-state index is 14.7. The molecule has 4 aromatic rings. The number of nitrogens with one attached hydrogen (secondary N) is 2. The van der Waals surface area contributed by atoms with Crippen LogP contribution in [0.3, 0.4) is 0 Å². The van der Waals surface area contributed by atoms with Crippen LogP contribution in [0.25, 0.3) is 22.3 Å². The van der Waals surface area contributed by atoms with Gasteiger partial charge in [0, 0.05) is 50.3 Å². The number of rotatable bonds is 10. The first-order chi connectivity index (χ1) is 21.3. The summed E-state index contributed by atoms with van der Waals surface area (Å²) in [5.41, 5.74) is 2.14. The summed E-state index contributed by atoms with van der Waals surface area (Å²) >= 11 is 0. The minimum Gasteiger partial charge on any atom is -0.444 e. The Hall–Kier alpha value is -4.07. The number of carbonyl (C=O) groups is 2. The Balaban J connectivity index is 1.39. The second kappa shape index (κ2) is 13.1. The fourth-order valence-corrected chi connectivity index (χ4v) is 5.65. The van der Waals surface area contributed by atoms with Gasteiger partial charge >= 0.3 is 6.09 Å². The van der Waals surface area contributed by atoms with Crippen LogP contribution in [0.15, 0.2) is 48.9 Å². The van der Waals surface area contributed by atoms with E-state index in [0.29, 0.717) is 32.2 Å². The number of hydrogen-bond donors (Lipinski definition) is 2. The molecule has 4 heterocycles. The molecular formula is C32H41FN6O5Si. The van der Waals surface area contributed by atoms with Crippen molar-refractivity contribution in [1.29, 1.82) is 0 Å². The van der Waals surface area contributed by atoms with Crippen molar-refractivity contribution in [3.05, 3.63) is 60.3 Å². The Morgan fingerprint density at radius 3 is 2.64 bits per heavy atom. The molecule has 3 aromatic heterocycles. The number of carbonyl (C=O) groups excluding carboxylic acids is 2. The van der Waals surface area contributed by atoms with E-state index in [9.17, 15) is 14.0 Å². The Morgan fingerprint density at radius 2 is 1.93 bits per heavy atom. The highest BCUT2D eigenvalue weighted by Gasteiger charge is 2.22. The van der Waals surface area contributed by atoms with Crippen molar-refractivity contribution in [2.24, 2.45) is 0 Å². The molecule has 2 N–H and O–H groups in total. The first-order valence-electron chi connectivity index (χ1n) is 15.1. The lowest BCUT2D eigenvalue weighted by molar-refractivity contribution is 0.0635. The van der Waals surface area contributed by atoms with Crippen molar-refractivity contribution in [2.75, 3.05) is 30.5 Å². The van der Waals surface area contributed by atoms with Crippen LogP contribution in [0.5, 0.6) is 0 Å². The standard InChI is InChI=1S/C32H41FN6O5Si/c1-32(2,3)44-31(41)36-24-7-8-26(33)27(15-24)37-30(40)22-13-21-14-28(23-17-35-39(18-23)25-9-10-42-19-25)38(29(21)34-16-22)20-43-11-12-45(4,5)6/h7-8,13-18,25H,9-12,19-20H2,1-6H3,(H,36,41)(H,37,40). The summed E-state index contributed by atoms with van der Waals surface area (Å²) in [4.78, 5) is 30.1. The lowest BCUT2D eigenvalue weighted by Crippen LogP contribution is -2.27. The van der Waals surface area contributed by atoms with E-state index in [-0.39, 0.29) is 23.0 Å². The highest BCUT2D eigenvalue weighted by Crippen LogP contribution is 2.30.